The van der Waals surface area contributed by atoms with Crippen LogP contribution in [-0.4, -0.2) is 22.8 Å². The number of aromatic nitrogens is 2. The molecule has 2 aromatic rings. The minimum atomic E-state index is -4.44. The summed E-state index contributed by atoms with van der Waals surface area (Å²) in [5, 5.41) is 0.718. The Morgan fingerprint density at radius 1 is 1.17 bits per heavy atom. The number of ether oxygens (including phenoxy) is 1. The van der Waals surface area contributed by atoms with Crippen molar-refractivity contribution in [2.75, 3.05) is 6.61 Å². The van der Waals surface area contributed by atoms with Crippen molar-refractivity contribution in [3.05, 3.63) is 28.5 Å². The maximum atomic E-state index is 12.1. The number of hydrogen-bond acceptors (Lipinski definition) is 3. The fraction of sp³-hybridized carbons (Fsp3) is 0.200. The van der Waals surface area contributed by atoms with Gasteiger partial charge in [0.15, 0.2) is 6.61 Å². The number of nitrogens with zero attached hydrogens (tertiary/aromatic N) is 2. The highest BCUT2D eigenvalue weighted by Crippen LogP contribution is 2.31. The average molecular weight is 297 g/mol. The highest BCUT2D eigenvalue weighted by Gasteiger charge is 2.29. The second kappa shape index (κ2) is 4.78. The van der Waals surface area contributed by atoms with Crippen LogP contribution in [0.5, 0.6) is 5.88 Å². The molecule has 0 fully saturated rings. The molecule has 1 heterocycles. The maximum Gasteiger partial charge on any atom is 0.422 e. The van der Waals surface area contributed by atoms with Crippen molar-refractivity contribution in [2.45, 2.75) is 6.18 Å². The lowest BCUT2D eigenvalue weighted by atomic mass is 10.2. The summed E-state index contributed by atoms with van der Waals surface area (Å²) in [6.07, 6.45) is -3.37. The maximum absolute atomic E-state index is 12.1. The molecule has 8 heteroatoms. The van der Waals surface area contributed by atoms with Gasteiger partial charge in [-0.1, -0.05) is 23.2 Å². The zero-order valence-electron chi connectivity index (χ0n) is 8.63. The van der Waals surface area contributed by atoms with E-state index in [1.165, 1.54) is 12.1 Å². The van der Waals surface area contributed by atoms with Crippen LogP contribution in [0, 0.1) is 0 Å². The van der Waals surface area contributed by atoms with E-state index >= 15 is 0 Å². The minimum Gasteiger partial charge on any atom is -0.467 e. The van der Waals surface area contributed by atoms with Crippen molar-refractivity contribution in [2.24, 2.45) is 0 Å². The molecular weight excluding hydrogens is 292 g/mol. The van der Waals surface area contributed by atoms with Gasteiger partial charge in [-0.25, -0.2) is 9.97 Å². The molecule has 0 aliphatic carbocycles. The molecule has 18 heavy (non-hydrogen) atoms. The van der Waals surface area contributed by atoms with Gasteiger partial charge in [0.05, 0.1) is 15.9 Å². The van der Waals surface area contributed by atoms with Gasteiger partial charge in [-0.3, -0.25) is 0 Å². The molecule has 1 aromatic heterocycles. The Balaban J connectivity index is 2.45. The van der Waals surface area contributed by atoms with Crippen LogP contribution >= 0.6 is 23.2 Å². The summed E-state index contributed by atoms with van der Waals surface area (Å²) >= 11 is 11.6. The van der Waals surface area contributed by atoms with Crippen molar-refractivity contribution in [1.82, 2.24) is 9.97 Å². The van der Waals surface area contributed by atoms with Crippen LogP contribution in [0.25, 0.3) is 10.9 Å². The van der Waals surface area contributed by atoms with Crippen molar-refractivity contribution < 1.29 is 17.9 Å². The molecule has 1 aromatic carbocycles. The van der Waals surface area contributed by atoms with Gasteiger partial charge in [0.25, 0.3) is 0 Å². The molecule has 0 aliphatic heterocycles. The Kier molecular flexibility index (Phi) is 3.49. The number of hydrogen-bond donors (Lipinski definition) is 0. The second-order valence-electron chi connectivity index (χ2n) is 3.37. The molecule has 0 unspecified atom stereocenters. The van der Waals surface area contributed by atoms with E-state index in [1.54, 1.807) is 0 Å². The van der Waals surface area contributed by atoms with Crippen molar-refractivity contribution >= 4 is 34.1 Å². The van der Waals surface area contributed by atoms with E-state index in [1.807, 2.05) is 0 Å². The molecule has 2 rings (SSSR count). The molecule has 0 N–H and O–H groups in total. The number of rotatable bonds is 2. The van der Waals surface area contributed by atoms with E-state index in [0.29, 0.717) is 0 Å². The fourth-order valence-corrected chi connectivity index (χ4v) is 1.88. The lowest BCUT2D eigenvalue weighted by Crippen LogP contribution is -2.19. The molecule has 3 nitrogen and oxygen atoms in total. The Morgan fingerprint density at radius 2 is 1.89 bits per heavy atom. The van der Waals surface area contributed by atoms with Gasteiger partial charge in [-0.15, -0.1) is 0 Å². The van der Waals surface area contributed by atoms with Gasteiger partial charge in [-0.05, 0) is 12.1 Å². The quantitative estimate of drug-likeness (QED) is 0.843. The number of benzene rings is 1. The predicted octanol–water partition coefficient (Wildman–Crippen LogP) is 3.88. The van der Waals surface area contributed by atoms with E-state index in [9.17, 15) is 13.2 Å². The second-order valence-corrected chi connectivity index (χ2v) is 4.21. The third-order valence-corrected chi connectivity index (χ3v) is 2.50. The molecular formula is C10H5Cl2F3N2O. The number of fused-ring (bicyclic) bond motifs is 1. The highest BCUT2D eigenvalue weighted by molar-refractivity contribution is 6.38. The van der Waals surface area contributed by atoms with Crippen molar-refractivity contribution in [3.8, 4) is 5.88 Å². The van der Waals surface area contributed by atoms with Crippen LogP contribution < -0.4 is 4.74 Å². The summed E-state index contributed by atoms with van der Waals surface area (Å²) in [6.45, 7) is -1.44. The lowest BCUT2D eigenvalue weighted by molar-refractivity contribution is -0.153. The molecule has 96 valence electrons. The highest BCUT2D eigenvalue weighted by atomic mass is 35.5. The summed E-state index contributed by atoms with van der Waals surface area (Å²) in [4.78, 5) is 7.51. The summed E-state index contributed by atoms with van der Waals surface area (Å²) in [5.41, 5.74) is 0.285. The average Bonchev–Trinajstić information content (AvgIpc) is 2.25. The monoisotopic (exact) mass is 296 g/mol. The molecule has 0 bridgehead atoms. The molecule has 0 aliphatic rings. The first kappa shape index (κ1) is 13.2. The van der Waals surface area contributed by atoms with Crippen molar-refractivity contribution in [3.63, 3.8) is 0 Å². The number of alkyl halides is 3. The number of halogens is 5. The topological polar surface area (TPSA) is 35.0 Å². The van der Waals surface area contributed by atoms with Gasteiger partial charge >= 0.3 is 6.18 Å². The molecule has 0 amide bonds. The third kappa shape index (κ3) is 2.94. The molecule has 0 atom stereocenters. The van der Waals surface area contributed by atoms with E-state index in [0.717, 1.165) is 6.33 Å². The standard InChI is InChI=1S/C10H5Cl2F3N2O/c11-5-1-6-8(7(12)2-5)16-4-17-9(6)18-3-10(13,14)15/h1-2,4H,3H2. The largest absolute Gasteiger partial charge is 0.467 e. The van der Waals surface area contributed by atoms with E-state index < -0.39 is 12.8 Å². The predicted molar refractivity (Wildman–Crippen MR) is 61.1 cm³/mol. The van der Waals surface area contributed by atoms with Crippen LogP contribution in [0.3, 0.4) is 0 Å². The summed E-state index contributed by atoms with van der Waals surface area (Å²) in [5.74, 6) is -0.207. The SMILES string of the molecule is FC(F)(F)COc1ncnc2c(Cl)cc(Cl)cc12. The van der Waals surface area contributed by atoms with Crippen LogP contribution in [0.1, 0.15) is 0 Å². The zero-order valence-corrected chi connectivity index (χ0v) is 10.1. The summed E-state index contributed by atoms with van der Waals surface area (Å²) in [7, 11) is 0. The Bertz CT molecular complexity index is 589. The van der Waals surface area contributed by atoms with Gasteiger partial charge in [0.1, 0.15) is 6.33 Å². The van der Waals surface area contributed by atoms with E-state index in [2.05, 4.69) is 14.7 Å². The Labute approximate surface area is 109 Å². The van der Waals surface area contributed by atoms with Gasteiger partial charge in [0.2, 0.25) is 5.88 Å². The van der Waals surface area contributed by atoms with Crippen LogP contribution in [0.15, 0.2) is 18.5 Å². The van der Waals surface area contributed by atoms with Gasteiger partial charge < -0.3 is 4.74 Å². The first-order chi connectivity index (χ1) is 8.37. The van der Waals surface area contributed by atoms with Crippen molar-refractivity contribution in [1.29, 1.82) is 0 Å². The first-order valence-electron chi connectivity index (χ1n) is 4.66. The molecule has 0 radical (unpaired) electrons. The Morgan fingerprint density at radius 3 is 2.56 bits per heavy atom. The smallest absolute Gasteiger partial charge is 0.422 e. The third-order valence-electron chi connectivity index (χ3n) is 1.99. The molecule has 0 saturated carbocycles. The fourth-order valence-electron chi connectivity index (χ4n) is 1.33. The van der Waals surface area contributed by atoms with Gasteiger partial charge in [-0.2, -0.15) is 13.2 Å². The van der Waals surface area contributed by atoms with Crippen LogP contribution in [-0.2, 0) is 0 Å². The Hall–Kier alpha value is -1.27. The molecule has 0 saturated heterocycles. The molecule has 0 spiro atoms. The van der Waals surface area contributed by atoms with Crippen LogP contribution in [0.2, 0.25) is 10.0 Å². The van der Waals surface area contributed by atoms with Gasteiger partial charge in [0, 0.05) is 5.02 Å². The summed E-state index contributed by atoms with van der Waals surface area (Å²) in [6, 6.07) is 2.83. The van der Waals surface area contributed by atoms with Crippen LogP contribution in [0.4, 0.5) is 13.2 Å². The lowest BCUT2D eigenvalue weighted by Gasteiger charge is -2.10. The zero-order chi connectivity index (χ0) is 13.3. The minimum absolute atomic E-state index is 0.207. The van der Waals surface area contributed by atoms with E-state index in [-0.39, 0.29) is 26.8 Å². The normalized spacial score (nSPS) is 11.8. The first-order valence-corrected chi connectivity index (χ1v) is 5.42. The summed E-state index contributed by atoms with van der Waals surface area (Å²) < 4.78 is 40.8. The van der Waals surface area contributed by atoms with E-state index in [4.69, 9.17) is 23.2 Å².